The van der Waals surface area contributed by atoms with E-state index in [0.717, 1.165) is 11.1 Å². The molecule has 27 heavy (non-hydrogen) atoms. The second-order valence-corrected chi connectivity index (χ2v) is 6.00. The molecule has 0 fully saturated rings. The van der Waals surface area contributed by atoms with E-state index in [4.69, 9.17) is 9.52 Å². The topological polar surface area (TPSA) is 93.6 Å². The molecule has 0 amide bonds. The molecule has 6 nitrogen and oxygen atoms in total. The van der Waals surface area contributed by atoms with Gasteiger partial charge in [0.05, 0.1) is 5.56 Å². The highest BCUT2D eigenvalue weighted by Crippen LogP contribution is 2.41. The summed E-state index contributed by atoms with van der Waals surface area (Å²) in [5.74, 6) is -1.29. The van der Waals surface area contributed by atoms with Crippen molar-refractivity contribution in [2.45, 2.75) is 0 Å². The highest BCUT2D eigenvalue weighted by Gasteiger charge is 2.25. The van der Waals surface area contributed by atoms with Gasteiger partial charge in [-0.25, -0.2) is 4.79 Å². The zero-order valence-electron chi connectivity index (χ0n) is 14.0. The molecular weight excluding hydrogens is 346 g/mol. The summed E-state index contributed by atoms with van der Waals surface area (Å²) in [6.45, 7) is 0. The third-order valence-electron chi connectivity index (χ3n) is 4.36. The number of hydrogen-bond acceptors (Lipinski definition) is 4. The molecule has 4 aromatic rings. The highest BCUT2D eigenvalue weighted by atomic mass is 16.6. The first kappa shape index (κ1) is 16.5. The maximum atomic E-state index is 11.5. The van der Waals surface area contributed by atoms with Crippen molar-refractivity contribution in [1.29, 1.82) is 0 Å². The Morgan fingerprint density at radius 3 is 2.19 bits per heavy atom. The lowest BCUT2D eigenvalue weighted by Gasteiger charge is -2.03. The first-order valence-electron chi connectivity index (χ1n) is 8.14. The van der Waals surface area contributed by atoms with Crippen molar-refractivity contribution in [2.75, 3.05) is 0 Å². The summed E-state index contributed by atoms with van der Waals surface area (Å²) in [4.78, 5) is 22.0. The zero-order chi connectivity index (χ0) is 19.0. The molecule has 0 unspecified atom stereocenters. The SMILES string of the molecule is O=C(O)c1ccc(-c2ccc3oc([N+](=O)[O-])c(-c4ccccc4)c3c2)cc1. The van der Waals surface area contributed by atoms with Gasteiger partial charge in [0, 0.05) is 5.39 Å². The van der Waals surface area contributed by atoms with Crippen LogP contribution in [0.5, 0.6) is 0 Å². The van der Waals surface area contributed by atoms with E-state index in [2.05, 4.69) is 0 Å². The van der Waals surface area contributed by atoms with Crippen LogP contribution in [0, 0.1) is 10.1 Å². The van der Waals surface area contributed by atoms with Gasteiger partial charge < -0.3 is 9.52 Å². The Morgan fingerprint density at radius 1 is 0.889 bits per heavy atom. The second-order valence-electron chi connectivity index (χ2n) is 6.00. The van der Waals surface area contributed by atoms with Gasteiger partial charge >= 0.3 is 11.9 Å². The number of carboxylic acids is 1. The summed E-state index contributed by atoms with van der Waals surface area (Å²) >= 11 is 0. The van der Waals surface area contributed by atoms with Crippen molar-refractivity contribution >= 4 is 22.8 Å². The van der Waals surface area contributed by atoms with Crippen LogP contribution in [0.3, 0.4) is 0 Å². The average Bonchev–Trinajstić information content (AvgIpc) is 3.08. The molecule has 1 heterocycles. The summed E-state index contributed by atoms with van der Waals surface area (Å²) in [6.07, 6.45) is 0. The molecule has 0 aliphatic rings. The highest BCUT2D eigenvalue weighted by molar-refractivity contribution is 6.00. The lowest BCUT2D eigenvalue weighted by Crippen LogP contribution is -1.94. The predicted octanol–water partition coefficient (Wildman–Crippen LogP) is 5.37. The molecule has 0 aliphatic heterocycles. The van der Waals surface area contributed by atoms with Gasteiger partial charge in [0.15, 0.2) is 0 Å². The van der Waals surface area contributed by atoms with Crippen molar-refractivity contribution in [3.8, 4) is 22.3 Å². The molecule has 0 aliphatic carbocycles. The van der Waals surface area contributed by atoms with Crippen molar-refractivity contribution in [1.82, 2.24) is 0 Å². The molecule has 6 heteroatoms. The van der Waals surface area contributed by atoms with E-state index in [9.17, 15) is 14.9 Å². The molecule has 0 saturated heterocycles. The van der Waals surface area contributed by atoms with E-state index in [1.54, 1.807) is 36.4 Å². The molecule has 132 valence electrons. The number of carbonyl (C=O) groups is 1. The number of furan rings is 1. The van der Waals surface area contributed by atoms with Crippen molar-refractivity contribution in [3.05, 3.63) is 88.5 Å². The van der Waals surface area contributed by atoms with Crippen LogP contribution in [0.4, 0.5) is 5.88 Å². The summed E-state index contributed by atoms with van der Waals surface area (Å²) < 4.78 is 5.48. The first-order chi connectivity index (χ1) is 13.0. The van der Waals surface area contributed by atoms with Crippen LogP contribution in [-0.2, 0) is 0 Å². The molecule has 3 aromatic carbocycles. The first-order valence-corrected chi connectivity index (χ1v) is 8.14. The minimum atomic E-state index is -0.992. The Morgan fingerprint density at radius 2 is 1.56 bits per heavy atom. The minimum absolute atomic E-state index is 0.198. The maximum absolute atomic E-state index is 11.5. The summed E-state index contributed by atoms with van der Waals surface area (Å²) in [6, 6.07) is 20.8. The third-order valence-corrected chi connectivity index (χ3v) is 4.36. The molecule has 0 saturated carbocycles. The van der Waals surface area contributed by atoms with Crippen LogP contribution >= 0.6 is 0 Å². The zero-order valence-corrected chi connectivity index (χ0v) is 14.0. The maximum Gasteiger partial charge on any atom is 0.442 e. The molecule has 1 aromatic heterocycles. The van der Waals surface area contributed by atoms with Gasteiger partial charge in [-0.3, -0.25) is 10.1 Å². The number of nitro groups is 1. The minimum Gasteiger partial charge on any atom is -0.478 e. The van der Waals surface area contributed by atoms with E-state index in [0.29, 0.717) is 22.1 Å². The van der Waals surface area contributed by atoms with Crippen molar-refractivity contribution < 1.29 is 19.2 Å². The fourth-order valence-electron chi connectivity index (χ4n) is 3.08. The fraction of sp³-hybridized carbons (Fsp3) is 0. The van der Waals surface area contributed by atoms with Gasteiger partial charge in [-0.05, 0) is 41.0 Å². The van der Waals surface area contributed by atoms with Gasteiger partial charge in [-0.15, -0.1) is 0 Å². The van der Waals surface area contributed by atoms with Crippen LogP contribution in [0.15, 0.2) is 77.2 Å². The van der Waals surface area contributed by atoms with E-state index >= 15 is 0 Å². The fourth-order valence-corrected chi connectivity index (χ4v) is 3.08. The van der Waals surface area contributed by atoms with Gasteiger partial charge in [0.2, 0.25) is 0 Å². The third kappa shape index (κ3) is 2.93. The largest absolute Gasteiger partial charge is 0.478 e. The number of fused-ring (bicyclic) bond motifs is 1. The molecule has 1 N–H and O–H groups in total. The molecule has 0 spiro atoms. The quantitative estimate of drug-likeness (QED) is 0.390. The molecule has 0 atom stereocenters. The Balaban J connectivity index is 1.91. The lowest BCUT2D eigenvalue weighted by atomic mass is 9.99. The van der Waals surface area contributed by atoms with Gasteiger partial charge in [0.25, 0.3) is 0 Å². The predicted molar refractivity (Wildman–Crippen MR) is 101 cm³/mol. The number of rotatable bonds is 4. The number of carboxylic acid groups (broad SMARTS) is 1. The van der Waals surface area contributed by atoms with Crippen LogP contribution < -0.4 is 0 Å². The number of hydrogen-bond donors (Lipinski definition) is 1. The summed E-state index contributed by atoms with van der Waals surface area (Å²) in [5, 5.41) is 21.1. The Labute approximate surface area is 153 Å². The van der Waals surface area contributed by atoms with Gasteiger partial charge in [-0.2, -0.15) is 0 Å². The van der Waals surface area contributed by atoms with E-state index < -0.39 is 10.9 Å². The monoisotopic (exact) mass is 359 g/mol. The van der Waals surface area contributed by atoms with Crippen molar-refractivity contribution in [2.24, 2.45) is 0 Å². The number of benzene rings is 3. The lowest BCUT2D eigenvalue weighted by molar-refractivity contribution is -0.400. The van der Waals surface area contributed by atoms with Crippen LogP contribution in [0.2, 0.25) is 0 Å². The van der Waals surface area contributed by atoms with Crippen LogP contribution in [-0.4, -0.2) is 16.0 Å². The van der Waals surface area contributed by atoms with Crippen LogP contribution in [0.25, 0.3) is 33.2 Å². The van der Waals surface area contributed by atoms with E-state index in [1.807, 2.05) is 24.3 Å². The number of nitrogens with zero attached hydrogens (tertiary/aromatic N) is 1. The van der Waals surface area contributed by atoms with E-state index in [1.165, 1.54) is 12.1 Å². The second kappa shape index (κ2) is 6.42. The van der Waals surface area contributed by atoms with Gasteiger partial charge in [0.1, 0.15) is 16.1 Å². The van der Waals surface area contributed by atoms with Crippen LogP contribution in [0.1, 0.15) is 10.4 Å². The Hall–Kier alpha value is -3.93. The van der Waals surface area contributed by atoms with Crippen molar-refractivity contribution in [3.63, 3.8) is 0 Å². The normalized spacial score (nSPS) is 10.8. The van der Waals surface area contributed by atoms with E-state index in [-0.39, 0.29) is 11.4 Å². The summed E-state index contributed by atoms with van der Waals surface area (Å²) in [7, 11) is 0. The summed E-state index contributed by atoms with van der Waals surface area (Å²) in [5.41, 5.74) is 3.37. The Bertz CT molecular complexity index is 1160. The Kier molecular flexibility index (Phi) is 3.93. The molecule has 4 rings (SSSR count). The molecule has 0 radical (unpaired) electrons. The average molecular weight is 359 g/mol. The smallest absolute Gasteiger partial charge is 0.442 e. The molecular formula is C21H13NO5. The standard InChI is InChI=1S/C21H13NO5/c23-21(24)15-8-6-13(7-9-15)16-10-11-18-17(12-16)19(20(27-18)22(25)26)14-4-2-1-3-5-14/h1-12H,(H,23,24). The van der Waals surface area contributed by atoms with Gasteiger partial charge in [-0.1, -0.05) is 48.5 Å². The molecule has 0 bridgehead atoms. The number of aromatic carboxylic acids is 1.